The first-order valence-electron chi connectivity index (χ1n) is 11.2. The van der Waals surface area contributed by atoms with Gasteiger partial charge < -0.3 is 19.1 Å². The van der Waals surface area contributed by atoms with Gasteiger partial charge in [-0.3, -0.25) is 4.79 Å². The van der Waals surface area contributed by atoms with Crippen molar-refractivity contribution in [1.29, 1.82) is 0 Å². The van der Waals surface area contributed by atoms with Crippen LogP contribution >= 0.6 is 0 Å². The van der Waals surface area contributed by atoms with Gasteiger partial charge in [-0.25, -0.2) is 17.9 Å². The van der Waals surface area contributed by atoms with Crippen molar-refractivity contribution in [3.8, 4) is 11.5 Å². The quantitative estimate of drug-likeness (QED) is 0.464. The molecule has 0 saturated heterocycles. The zero-order valence-electron chi connectivity index (χ0n) is 19.8. The molecular formula is C26H26N2O7S. The number of ether oxygens (including phenoxy) is 3. The third kappa shape index (κ3) is 5.34. The zero-order valence-corrected chi connectivity index (χ0v) is 20.7. The molecule has 4 rings (SSSR count). The van der Waals surface area contributed by atoms with Gasteiger partial charge in [0, 0.05) is 12.1 Å². The van der Waals surface area contributed by atoms with E-state index in [2.05, 4.69) is 4.72 Å². The van der Waals surface area contributed by atoms with Gasteiger partial charge >= 0.3 is 5.97 Å². The van der Waals surface area contributed by atoms with Crippen molar-refractivity contribution < 1.29 is 32.2 Å². The molecule has 188 valence electrons. The molecule has 1 unspecified atom stereocenters. The smallest absolute Gasteiger partial charge is 0.348 e. The van der Waals surface area contributed by atoms with Crippen LogP contribution in [0.25, 0.3) is 0 Å². The van der Waals surface area contributed by atoms with Gasteiger partial charge in [0.1, 0.15) is 16.4 Å². The van der Waals surface area contributed by atoms with Crippen molar-refractivity contribution in [3.63, 3.8) is 0 Å². The molecule has 1 heterocycles. The lowest BCUT2D eigenvalue weighted by atomic mass is 10.1. The Bertz CT molecular complexity index is 1360. The summed E-state index contributed by atoms with van der Waals surface area (Å²) in [7, 11) is -1.39. The van der Waals surface area contributed by atoms with Crippen LogP contribution in [0.4, 0.5) is 5.69 Å². The molecule has 0 saturated carbocycles. The topological polar surface area (TPSA) is 111 Å². The maximum atomic E-state index is 13.6. The highest BCUT2D eigenvalue weighted by Crippen LogP contribution is 2.35. The second kappa shape index (κ2) is 10.8. The van der Waals surface area contributed by atoms with Crippen molar-refractivity contribution in [2.75, 3.05) is 32.2 Å². The largest absolute Gasteiger partial charge is 0.495 e. The lowest BCUT2D eigenvalue weighted by molar-refractivity contribution is -0.148. The fourth-order valence-electron chi connectivity index (χ4n) is 3.91. The van der Waals surface area contributed by atoms with Gasteiger partial charge in [0.15, 0.2) is 0 Å². The van der Waals surface area contributed by atoms with Crippen molar-refractivity contribution in [2.45, 2.75) is 17.4 Å². The molecule has 0 spiro atoms. The molecular weight excluding hydrogens is 484 g/mol. The molecule has 10 heteroatoms. The minimum absolute atomic E-state index is 0.0913. The summed E-state index contributed by atoms with van der Waals surface area (Å²) in [6.45, 7) is 0.0806. The molecule has 1 atom stereocenters. The summed E-state index contributed by atoms with van der Waals surface area (Å²) in [5.41, 5.74) is 1.56. The monoisotopic (exact) mass is 510 g/mol. The molecule has 3 aromatic rings. The summed E-state index contributed by atoms with van der Waals surface area (Å²) < 4.78 is 44.6. The molecule has 0 aliphatic carbocycles. The van der Waals surface area contributed by atoms with Crippen molar-refractivity contribution in [3.05, 3.63) is 83.9 Å². The number of benzene rings is 3. The predicted molar refractivity (Wildman–Crippen MR) is 133 cm³/mol. The number of methoxy groups -OCH3 is 2. The first kappa shape index (κ1) is 25.2. The molecule has 0 aromatic heterocycles. The van der Waals surface area contributed by atoms with Crippen LogP contribution in [0.15, 0.2) is 77.7 Å². The SMILES string of the molecule is COC(=O)C1CN(C(=O)c2ccc(OC)c(S(=O)(=O)NCCc3ccccc3)c2)c2ccccc2O1. The van der Waals surface area contributed by atoms with Crippen LogP contribution in [0.2, 0.25) is 0 Å². The molecule has 3 aromatic carbocycles. The molecule has 36 heavy (non-hydrogen) atoms. The second-order valence-electron chi connectivity index (χ2n) is 8.01. The Morgan fingerprint density at radius 2 is 1.75 bits per heavy atom. The first-order valence-corrected chi connectivity index (χ1v) is 12.7. The van der Waals surface area contributed by atoms with E-state index in [1.165, 1.54) is 37.3 Å². The summed E-state index contributed by atoms with van der Waals surface area (Å²) >= 11 is 0. The van der Waals surface area contributed by atoms with E-state index in [1.54, 1.807) is 24.3 Å². The highest BCUT2D eigenvalue weighted by molar-refractivity contribution is 7.89. The van der Waals surface area contributed by atoms with E-state index < -0.39 is 28.0 Å². The van der Waals surface area contributed by atoms with Crippen LogP contribution in [0.5, 0.6) is 11.5 Å². The van der Waals surface area contributed by atoms with Crippen LogP contribution in [0, 0.1) is 0 Å². The fourth-order valence-corrected chi connectivity index (χ4v) is 5.13. The molecule has 0 fully saturated rings. The number of hydrogen-bond acceptors (Lipinski definition) is 7. The number of nitrogens with one attached hydrogen (secondary N) is 1. The summed E-state index contributed by atoms with van der Waals surface area (Å²) in [6, 6.07) is 20.5. The van der Waals surface area contributed by atoms with E-state index in [1.807, 2.05) is 30.3 Å². The Morgan fingerprint density at radius 1 is 1.03 bits per heavy atom. The number of anilines is 1. The lowest BCUT2D eigenvalue weighted by Gasteiger charge is -2.33. The number of carbonyl (C=O) groups is 2. The van der Waals surface area contributed by atoms with E-state index >= 15 is 0 Å². The van der Waals surface area contributed by atoms with E-state index in [0.29, 0.717) is 17.9 Å². The Labute approximate surface area is 209 Å². The third-order valence-electron chi connectivity index (χ3n) is 5.73. The van der Waals surface area contributed by atoms with Crippen molar-refractivity contribution in [1.82, 2.24) is 4.72 Å². The van der Waals surface area contributed by atoms with Gasteiger partial charge in [-0.2, -0.15) is 0 Å². The van der Waals surface area contributed by atoms with Crippen LogP contribution in [0.3, 0.4) is 0 Å². The predicted octanol–water partition coefficient (Wildman–Crippen LogP) is 2.80. The van der Waals surface area contributed by atoms with Crippen molar-refractivity contribution >= 4 is 27.6 Å². The highest BCUT2D eigenvalue weighted by Gasteiger charge is 2.35. The average Bonchev–Trinajstić information content (AvgIpc) is 2.91. The number of esters is 1. The zero-order chi connectivity index (χ0) is 25.7. The summed E-state index contributed by atoms with van der Waals surface area (Å²) in [5.74, 6) is -0.670. The number of hydrogen-bond donors (Lipinski definition) is 1. The first-order chi connectivity index (χ1) is 17.3. The van der Waals surface area contributed by atoms with E-state index in [0.717, 1.165) is 5.56 Å². The summed E-state index contributed by atoms with van der Waals surface area (Å²) in [4.78, 5) is 26.9. The number of amides is 1. The minimum Gasteiger partial charge on any atom is -0.495 e. The Morgan fingerprint density at radius 3 is 2.47 bits per heavy atom. The third-order valence-corrected chi connectivity index (χ3v) is 7.21. The van der Waals surface area contributed by atoms with Gasteiger partial charge in [-0.05, 0) is 42.3 Å². The fraction of sp³-hybridized carbons (Fsp3) is 0.231. The number of carbonyl (C=O) groups excluding carboxylic acids is 2. The molecule has 1 amide bonds. The van der Waals surface area contributed by atoms with Gasteiger partial charge in [-0.15, -0.1) is 0 Å². The van der Waals surface area contributed by atoms with Gasteiger partial charge in [0.2, 0.25) is 16.1 Å². The number of para-hydroxylation sites is 2. The summed E-state index contributed by atoms with van der Waals surface area (Å²) in [5, 5.41) is 0. The Balaban J connectivity index is 1.61. The molecule has 1 aliphatic rings. The maximum absolute atomic E-state index is 13.6. The standard InChI is InChI=1S/C26H26N2O7S/c1-33-22-13-12-19(16-24(22)36(31,32)27-15-14-18-8-4-3-5-9-18)25(29)28-17-23(26(30)34-2)35-21-11-7-6-10-20(21)28/h3-13,16,23,27H,14-15,17H2,1-2H3. The molecule has 1 aliphatic heterocycles. The highest BCUT2D eigenvalue weighted by atomic mass is 32.2. The van der Waals surface area contributed by atoms with Gasteiger partial charge in [0.05, 0.1) is 26.5 Å². The summed E-state index contributed by atoms with van der Waals surface area (Å²) in [6.07, 6.45) is -0.518. The van der Waals surface area contributed by atoms with E-state index in [-0.39, 0.29) is 29.3 Å². The minimum atomic E-state index is -3.99. The Hall–Kier alpha value is -3.89. The van der Waals surface area contributed by atoms with Crippen LogP contribution < -0.4 is 19.1 Å². The van der Waals surface area contributed by atoms with Crippen LogP contribution in [-0.4, -0.2) is 53.7 Å². The molecule has 0 bridgehead atoms. The second-order valence-corrected chi connectivity index (χ2v) is 9.75. The maximum Gasteiger partial charge on any atom is 0.348 e. The van der Waals surface area contributed by atoms with Crippen LogP contribution in [0.1, 0.15) is 15.9 Å². The van der Waals surface area contributed by atoms with E-state index in [4.69, 9.17) is 14.2 Å². The van der Waals surface area contributed by atoms with E-state index in [9.17, 15) is 18.0 Å². The average molecular weight is 511 g/mol. The van der Waals surface area contributed by atoms with Gasteiger partial charge in [-0.1, -0.05) is 42.5 Å². The lowest BCUT2D eigenvalue weighted by Crippen LogP contribution is -2.47. The number of rotatable bonds is 8. The molecule has 1 N–H and O–H groups in total. The van der Waals surface area contributed by atoms with Crippen molar-refractivity contribution in [2.24, 2.45) is 0 Å². The molecule has 9 nitrogen and oxygen atoms in total. The normalized spacial score (nSPS) is 14.9. The van der Waals surface area contributed by atoms with Gasteiger partial charge in [0.25, 0.3) is 5.91 Å². The Kier molecular flexibility index (Phi) is 7.56. The van der Waals surface area contributed by atoms with Crippen LogP contribution in [-0.2, 0) is 26.0 Å². The number of sulfonamides is 1. The number of nitrogens with zero attached hydrogens (tertiary/aromatic N) is 1. The number of fused-ring (bicyclic) bond motifs is 1. The molecule has 0 radical (unpaired) electrons.